The van der Waals surface area contributed by atoms with Gasteiger partial charge in [-0.15, -0.1) is 11.3 Å². The summed E-state index contributed by atoms with van der Waals surface area (Å²) in [4.78, 5) is 17.7. The molecule has 1 saturated heterocycles. The number of hydrogen-bond donors (Lipinski definition) is 0. The first kappa shape index (κ1) is 17.8. The lowest BCUT2D eigenvalue weighted by molar-refractivity contribution is 0.122. The van der Waals surface area contributed by atoms with Crippen molar-refractivity contribution < 1.29 is 9.26 Å². The van der Waals surface area contributed by atoms with Crippen LogP contribution in [0.4, 0.5) is 5.95 Å². The van der Waals surface area contributed by atoms with Gasteiger partial charge in [0.25, 0.3) is 0 Å². The first-order valence-corrected chi connectivity index (χ1v) is 10.8. The predicted octanol–water partition coefficient (Wildman–Crippen LogP) is 3.09. The highest BCUT2D eigenvalue weighted by atomic mass is 32.1. The van der Waals surface area contributed by atoms with Gasteiger partial charge in [-0.3, -0.25) is 0 Å². The van der Waals surface area contributed by atoms with Crippen LogP contribution in [-0.4, -0.2) is 46.4 Å². The van der Waals surface area contributed by atoms with Crippen LogP contribution >= 0.6 is 11.3 Å². The van der Waals surface area contributed by atoms with Gasteiger partial charge in [0, 0.05) is 30.9 Å². The fourth-order valence-electron chi connectivity index (χ4n) is 3.86. The number of aromatic nitrogens is 4. The van der Waals surface area contributed by atoms with Crippen molar-refractivity contribution in [3.63, 3.8) is 0 Å². The highest BCUT2D eigenvalue weighted by Gasteiger charge is 2.22. The Morgan fingerprint density at radius 2 is 1.93 bits per heavy atom. The molecule has 0 atom stereocenters. The molecule has 1 aliphatic carbocycles. The van der Waals surface area contributed by atoms with Crippen LogP contribution in [0.3, 0.4) is 0 Å². The minimum atomic E-state index is 0.666. The van der Waals surface area contributed by atoms with Gasteiger partial charge in [0.2, 0.25) is 17.7 Å². The Kier molecular flexibility index (Phi) is 5.05. The Hall–Kier alpha value is -2.32. The average Bonchev–Trinajstić information content (AvgIpc) is 3.44. The molecule has 0 N–H and O–H groups in total. The largest absolute Gasteiger partial charge is 0.378 e. The molecule has 0 bridgehead atoms. The van der Waals surface area contributed by atoms with E-state index in [0.717, 1.165) is 62.1 Å². The molecule has 0 spiro atoms. The molecule has 7 nitrogen and oxygen atoms in total. The quantitative estimate of drug-likeness (QED) is 0.655. The molecule has 28 heavy (non-hydrogen) atoms. The molecule has 3 aromatic heterocycles. The van der Waals surface area contributed by atoms with Crippen molar-refractivity contribution in [2.45, 2.75) is 38.5 Å². The lowest BCUT2D eigenvalue weighted by Gasteiger charge is -2.29. The maximum atomic E-state index is 5.48. The fourth-order valence-corrected chi connectivity index (χ4v) is 4.51. The van der Waals surface area contributed by atoms with Gasteiger partial charge in [0.1, 0.15) is 0 Å². The van der Waals surface area contributed by atoms with Crippen LogP contribution in [0.5, 0.6) is 0 Å². The summed E-state index contributed by atoms with van der Waals surface area (Å²) >= 11 is 1.62. The fraction of sp³-hybridized carbons (Fsp3) is 0.500. The van der Waals surface area contributed by atoms with Gasteiger partial charge in [-0.05, 0) is 49.1 Å². The number of rotatable bonds is 5. The Bertz CT molecular complexity index is 934. The standard InChI is InChI=1S/C20H23N5O2S/c1-2-5-15-14(4-1)16(22-20(21-15)25-9-11-26-12-10-25)7-8-18-23-19(24-27-18)17-6-3-13-28-17/h3,6,13H,1-2,4-5,7-12H2. The monoisotopic (exact) mass is 397 g/mol. The summed E-state index contributed by atoms with van der Waals surface area (Å²) in [6.45, 7) is 3.19. The normalized spacial score (nSPS) is 16.9. The predicted molar refractivity (Wildman–Crippen MR) is 107 cm³/mol. The molecule has 8 heteroatoms. The maximum Gasteiger partial charge on any atom is 0.227 e. The van der Waals surface area contributed by atoms with Crippen molar-refractivity contribution in [3.05, 3.63) is 40.4 Å². The van der Waals surface area contributed by atoms with Gasteiger partial charge in [0.05, 0.1) is 18.1 Å². The number of nitrogens with zero attached hydrogens (tertiary/aromatic N) is 5. The molecule has 0 aromatic carbocycles. The van der Waals surface area contributed by atoms with Crippen LogP contribution in [0.15, 0.2) is 22.0 Å². The molecule has 146 valence electrons. The number of fused-ring (bicyclic) bond motifs is 1. The SMILES string of the molecule is c1csc(-c2noc(CCc3nc(N4CCOCC4)nc4c3CCCC4)n2)c1. The topological polar surface area (TPSA) is 77.2 Å². The Morgan fingerprint density at radius 3 is 2.79 bits per heavy atom. The zero-order valence-corrected chi connectivity index (χ0v) is 16.6. The number of thiophene rings is 1. The van der Waals surface area contributed by atoms with Gasteiger partial charge in [-0.1, -0.05) is 11.2 Å². The zero-order chi connectivity index (χ0) is 18.8. The van der Waals surface area contributed by atoms with Crippen molar-refractivity contribution in [1.29, 1.82) is 0 Å². The van der Waals surface area contributed by atoms with Crippen LogP contribution < -0.4 is 4.90 Å². The lowest BCUT2D eigenvalue weighted by Crippen LogP contribution is -2.38. The van der Waals surface area contributed by atoms with E-state index in [1.807, 2.05) is 17.5 Å². The summed E-state index contributed by atoms with van der Waals surface area (Å²) in [5.74, 6) is 2.19. The molecular formula is C20H23N5O2S. The summed E-state index contributed by atoms with van der Waals surface area (Å²) < 4.78 is 11.0. The minimum absolute atomic E-state index is 0.666. The second-order valence-electron chi connectivity index (χ2n) is 7.19. The first-order chi connectivity index (χ1) is 13.9. The average molecular weight is 398 g/mol. The molecule has 0 amide bonds. The van der Waals surface area contributed by atoms with E-state index in [1.165, 1.54) is 24.1 Å². The van der Waals surface area contributed by atoms with Crippen molar-refractivity contribution in [3.8, 4) is 10.7 Å². The molecular weight excluding hydrogens is 374 g/mol. The summed E-state index contributed by atoms with van der Waals surface area (Å²) in [5, 5.41) is 6.14. The molecule has 2 aliphatic rings. The van der Waals surface area contributed by atoms with E-state index in [1.54, 1.807) is 11.3 Å². The molecule has 0 unspecified atom stereocenters. The number of morpholine rings is 1. The Morgan fingerprint density at radius 1 is 1.04 bits per heavy atom. The summed E-state index contributed by atoms with van der Waals surface area (Å²) in [5.41, 5.74) is 3.70. The highest BCUT2D eigenvalue weighted by molar-refractivity contribution is 7.13. The van der Waals surface area contributed by atoms with Gasteiger partial charge in [0.15, 0.2) is 0 Å². The third kappa shape index (κ3) is 3.66. The van der Waals surface area contributed by atoms with Crippen molar-refractivity contribution in [1.82, 2.24) is 20.1 Å². The van der Waals surface area contributed by atoms with Crippen LogP contribution in [-0.2, 0) is 30.4 Å². The maximum absolute atomic E-state index is 5.48. The second-order valence-corrected chi connectivity index (χ2v) is 8.14. The van der Waals surface area contributed by atoms with Crippen LogP contribution in [0, 0.1) is 0 Å². The van der Waals surface area contributed by atoms with Gasteiger partial charge < -0.3 is 14.2 Å². The molecule has 4 heterocycles. The summed E-state index contributed by atoms with van der Waals surface area (Å²) in [6.07, 6.45) is 6.03. The highest BCUT2D eigenvalue weighted by Crippen LogP contribution is 2.26. The number of hydrogen-bond acceptors (Lipinski definition) is 8. The van der Waals surface area contributed by atoms with Crippen molar-refractivity contribution in [2.24, 2.45) is 0 Å². The van der Waals surface area contributed by atoms with Gasteiger partial charge in [-0.2, -0.15) is 4.98 Å². The van der Waals surface area contributed by atoms with Gasteiger partial charge in [-0.25, -0.2) is 9.97 Å². The first-order valence-electron chi connectivity index (χ1n) is 9.94. The molecule has 0 saturated carbocycles. The summed E-state index contributed by atoms with van der Waals surface area (Å²) in [7, 11) is 0. The zero-order valence-electron chi connectivity index (χ0n) is 15.8. The van der Waals surface area contributed by atoms with Crippen LogP contribution in [0.1, 0.15) is 35.7 Å². The number of aryl methyl sites for hydroxylation is 3. The van der Waals surface area contributed by atoms with E-state index in [-0.39, 0.29) is 0 Å². The van der Waals surface area contributed by atoms with Crippen LogP contribution in [0.25, 0.3) is 10.7 Å². The van der Waals surface area contributed by atoms with Crippen molar-refractivity contribution in [2.75, 3.05) is 31.2 Å². The molecule has 0 radical (unpaired) electrons. The van der Waals surface area contributed by atoms with E-state index in [4.69, 9.17) is 19.2 Å². The minimum Gasteiger partial charge on any atom is -0.378 e. The van der Waals surface area contributed by atoms with E-state index < -0.39 is 0 Å². The molecule has 1 fully saturated rings. The third-order valence-electron chi connectivity index (χ3n) is 5.34. The molecule has 1 aliphatic heterocycles. The van der Waals surface area contributed by atoms with Crippen LogP contribution in [0.2, 0.25) is 0 Å². The van der Waals surface area contributed by atoms with E-state index in [0.29, 0.717) is 18.1 Å². The molecule has 3 aromatic rings. The van der Waals surface area contributed by atoms with E-state index in [9.17, 15) is 0 Å². The molecule has 5 rings (SSSR count). The third-order valence-corrected chi connectivity index (χ3v) is 6.20. The lowest BCUT2D eigenvalue weighted by atomic mass is 9.93. The second kappa shape index (κ2) is 7.97. The number of ether oxygens (including phenoxy) is 1. The Balaban J connectivity index is 1.37. The smallest absolute Gasteiger partial charge is 0.227 e. The number of anilines is 1. The Labute approximate surface area is 167 Å². The van der Waals surface area contributed by atoms with Crippen molar-refractivity contribution >= 4 is 17.3 Å². The summed E-state index contributed by atoms with van der Waals surface area (Å²) in [6, 6.07) is 4.01. The van der Waals surface area contributed by atoms with E-state index in [2.05, 4.69) is 15.0 Å². The van der Waals surface area contributed by atoms with E-state index >= 15 is 0 Å². The van der Waals surface area contributed by atoms with Gasteiger partial charge >= 0.3 is 0 Å².